The highest BCUT2D eigenvalue weighted by Crippen LogP contribution is 2.36. The van der Waals surface area contributed by atoms with Crippen LogP contribution in [0.3, 0.4) is 0 Å². The lowest BCUT2D eigenvalue weighted by Crippen LogP contribution is -2.42. The summed E-state index contributed by atoms with van der Waals surface area (Å²) in [6, 6.07) is 13.8. The third-order valence-electron chi connectivity index (χ3n) is 5.01. The maximum absolute atomic E-state index is 13.4. The van der Waals surface area contributed by atoms with Crippen molar-refractivity contribution in [3.8, 4) is 0 Å². The monoisotopic (exact) mass is 480 g/mol. The number of hydrogen-bond acceptors (Lipinski definition) is 4. The molecule has 1 atom stereocenters. The highest BCUT2D eigenvalue weighted by Gasteiger charge is 2.37. The van der Waals surface area contributed by atoms with Gasteiger partial charge in [-0.15, -0.1) is 0 Å². The minimum atomic E-state index is -3.73. The Balaban J connectivity index is 1.87. The van der Waals surface area contributed by atoms with Crippen molar-refractivity contribution in [2.24, 2.45) is 0 Å². The van der Waals surface area contributed by atoms with E-state index >= 15 is 0 Å². The van der Waals surface area contributed by atoms with Crippen molar-refractivity contribution >= 4 is 31.9 Å². The Morgan fingerprint density at radius 3 is 2.66 bits per heavy atom. The predicted molar refractivity (Wildman–Crippen MR) is 115 cm³/mol. The van der Waals surface area contributed by atoms with Crippen LogP contribution >= 0.6 is 15.9 Å². The van der Waals surface area contributed by atoms with Gasteiger partial charge in [0.2, 0.25) is 15.9 Å². The lowest BCUT2D eigenvalue weighted by atomic mass is 9.92. The SMILES string of the molecule is COCCCNC(=O)C[C@@H]1c2ccccc2CCN1S(=O)(=O)c1ccc(Br)cc1. The molecule has 0 saturated heterocycles. The molecule has 0 aliphatic carbocycles. The first-order valence-corrected chi connectivity index (χ1v) is 11.8. The van der Waals surface area contributed by atoms with Crippen LogP contribution in [0.15, 0.2) is 57.9 Å². The van der Waals surface area contributed by atoms with Crippen LogP contribution in [0.1, 0.15) is 30.0 Å². The molecule has 2 aromatic rings. The van der Waals surface area contributed by atoms with E-state index < -0.39 is 16.1 Å². The van der Waals surface area contributed by atoms with Crippen molar-refractivity contribution in [3.05, 3.63) is 64.1 Å². The van der Waals surface area contributed by atoms with Gasteiger partial charge >= 0.3 is 0 Å². The van der Waals surface area contributed by atoms with Gasteiger partial charge in [0, 0.05) is 37.7 Å². The Bertz CT molecular complexity index is 947. The normalized spacial score (nSPS) is 17.0. The summed E-state index contributed by atoms with van der Waals surface area (Å²) in [6.07, 6.45) is 1.42. The van der Waals surface area contributed by atoms with Gasteiger partial charge in [-0.1, -0.05) is 40.2 Å². The third-order valence-corrected chi connectivity index (χ3v) is 7.46. The average molecular weight is 481 g/mol. The van der Waals surface area contributed by atoms with Gasteiger partial charge in [0.05, 0.1) is 10.9 Å². The minimum Gasteiger partial charge on any atom is -0.385 e. The van der Waals surface area contributed by atoms with Crippen LogP contribution < -0.4 is 5.32 Å². The zero-order chi connectivity index (χ0) is 20.9. The van der Waals surface area contributed by atoms with Gasteiger partial charge in [-0.25, -0.2) is 8.42 Å². The van der Waals surface area contributed by atoms with Crippen molar-refractivity contribution in [1.29, 1.82) is 0 Å². The first-order chi connectivity index (χ1) is 13.9. The number of carbonyl (C=O) groups excluding carboxylic acids is 1. The van der Waals surface area contributed by atoms with Crippen LogP contribution in [0.25, 0.3) is 0 Å². The van der Waals surface area contributed by atoms with E-state index in [1.165, 1.54) is 4.31 Å². The number of benzene rings is 2. The number of sulfonamides is 1. The third kappa shape index (κ3) is 5.25. The second-order valence-corrected chi connectivity index (χ2v) is 9.74. The van der Waals surface area contributed by atoms with E-state index in [0.29, 0.717) is 32.5 Å². The van der Waals surface area contributed by atoms with E-state index in [0.717, 1.165) is 15.6 Å². The summed E-state index contributed by atoms with van der Waals surface area (Å²) in [5.41, 5.74) is 1.98. The molecule has 29 heavy (non-hydrogen) atoms. The van der Waals surface area contributed by atoms with Crippen molar-refractivity contribution in [3.63, 3.8) is 0 Å². The smallest absolute Gasteiger partial charge is 0.243 e. The number of hydrogen-bond donors (Lipinski definition) is 1. The lowest BCUT2D eigenvalue weighted by Gasteiger charge is -2.36. The predicted octanol–water partition coefficient (Wildman–Crippen LogP) is 3.28. The van der Waals surface area contributed by atoms with Crippen molar-refractivity contribution in [2.45, 2.75) is 30.2 Å². The lowest BCUT2D eigenvalue weighted by molar-refractivity contribution is -0.122. The van der Waals surface area contributed by atoms with E-state index in [4.69, 9.17) is 4.74 Å². The van der Waals surface area contributed by atoms with Gasteiger partial charge < -0.3 is 10.1 Å². The van der Waals surface area contributed by atoms with E-state index in [1.54, 1.807) is 31.4 Å². The number of halogens is 1. The number of nitrogens with zero attached hydrogens (tertiary/aromatic N) is 1. The summed E-state index contributed by atoms with van der Waals surface area (Å²) < 4.78 is 34.0. The summed E-state index contributed by atoms with van der Waals surface area (Å²) in [6.45, 7) is 1.41. The molecule has 2 aromatic carbocycles. The van der Waals surface area contributed by atoms with Crippen LogP contribution in [0.4, 0.5) is 0 Å². The molecule has 0 unspecified atom stereocenters. The number of nitrogens with one attached hydrogen (secondary N) is 1. The number of amides is 1. The fraction of sp³-hybridized carbons (Fsp3) is 0.381. The number of rotatable bonds is 8. The summed E-state index contributed by atoms with van der Waals surface area (Å²) in [7, 11) is -2.12. The summed E-state index contributed by atoms with van der Waals surface area (Å²) in [5.74, 6) is -0.168. The Labute approximate surface area is 180 Å². The van der Waals surface area contributed by atoms with Crippen molar-refractivity contribution < 1.29 is 17.9 Å². The fourth-order valence-electron chi connectivity index (χ4n) is 3.56. The number of carbonyl (C=O) groups is 1. The highest BCUT2D eigenvalue weighted by molar-refractivity contribution is 9.10. The second kappa shape index (κ2) is 9.84. The topological polar surface area (TPSA) is 75.7 Å². The molecule has 1 amide bonds. The molecule has 8 heteroatoms. The standard InChI is InChI=1S/C21H25BrN2O4S/c1-28-14-4-12-23-21(25)15-20-19-6-3-2-5-16(19)11-13-24(20)29(26,27)18-9-7-17(22)8-10-18/h2-3,5-10,20H,4,11-15H2,1H3,(H,23,25)/t20-/m1/s1. The van der Waals surface area contributed by atoms with Gasteiger partial charge in [-0.2, -0.15) is 4.31 Å². The van der Waals surface area contributed by atoms with Gasteiger partial charge in [0.25, 0.3) is 0 Å². The van der Waals surface area contributed by atoms with Gasteiger partial charge in [-0.05, 0) is 48.2 Å². The zero-order valence-corrected chi connectivity index (χ0v) is 18.7. The molecule has 0 spiro atoms. The van der Waals surface area contributed by atoms with Crippen molar-refractivity contribution in [2.75, 3.05) is 26.8 Å². The largest absolute Gasteiger partial charge is 0.385 e. The van der Waals surface area contributed by atoms with Crippen molar-refractivity contribution in [1.82, 2.24) is 9.62 Å². The maximum Gasteiger partial charge on any atom is 0.243 e. The Hall–Kier alpha value is -1.74. The molecular formula is C21H25BrN2O4S. The Kier molecular flexibility index (Phi) is 7.45. The fourth-order valence-corrected chi connectivity index (χ4v) is 5.43. The van der Waals surface area contributed by atoms with E-state index in [-0.39, 0.29) is 17.2 Å². The Morgan fingerprint density at radius 1 is 1.21 bits per heavy atom. The second-order valence-electron chi connectivity index (χ2n) is 6.93. The summed E-state index contributed by atoms with van der Waals surface area (Å²) >= 11 is 3.34. The quantitative estimate of drug-likeness (QED) is 0.588. The van der Waals surface area contributed by atoms with Crippen LogP contribution in [-0.4, -0.2) is 45.4 Å². The summed E-state index contributed by atoms with van der Waals surface area (Å²) in [5, 5.41) is 2.87. The van der Waals surface area contributed by atoms with Gasteiger partial charge in [0.1, 0.15) is 0 Å². The molecule has 6 nitrogen and oxygen atoms in total. The van der Waals surface area contributed by atoms with E-state index in [1.807, 2.05) is 24.3 Å². The maximum atomic E-state index is 13.4. The molecule has 1 aliphatic heterocycles. The average Bonchev–Trinajstić information content (AvgIpc) is 2.71. The first-order valence-electron chi connectivity index (χ1n) is 9.54. The van der Waals surface area contributed by atoms with Gasteiger partial charge in [0.15, 0.2) is 0 Å². The van der Waals surface area contributed by atoms with E-state index in [2.05, 4.69) is 21.2 Å². The van der Waals surface area contributed by atoms with Gasteiger partial charge in [-0.3, -0.25) is 4.79 Å². The molecule has 1 N–H and O–H groups in total. The molecule has 0 radical (unpaired) electrons. The first kappa shape index (κ1) is 22.0. The number of fused-ring (bicyclic) bond motifs is 1. The zero-order valence-electron chi connectivity index (χ0n) is 16.3. The van der Waals surface area contributed by atoms with Crippen LogP contribution in [-0.2, 0) is 26.0 Å². The molecule has 0 saturated carbocycles. The van der Waals surface area contributed by atoms with Crippen LogP contribution in [0.2, 0.25) is 0 Å². The number of methoxy groups -OCH3 is 1. The Morgan fingerprint density at radius 2 is 1.93 bits per heavy atom. The molecule has 3 rings (SSSR count). The molecule has 1 heterocycles. The molecule has 156 valence electrons. The minimum absolute atomic E-state index is 0.0831. The number of ether oxygens (including phenoxy) is 1. The highest BCUT2D eigenvalue weighted by atomic mass is 79.9. The molecule has 0 fully saturated rings. The van der Waals surface area contributed by atoms with Crippen LogP contribution in [0, 0.1) is 0 Å². The molecule has 0 bridgehead atoms. The summed E-state index contributed by atoms with van der Waals surface area (Å²) in [4.78, 5) is 12.8. The molecular weight excluding hydrogens is 456 g/mol. The van der Waals surface area contributed by atoms with E-state index in [9.17, 15) is 13.2 Å². The molecule has 1 aliphatic rings. The molecule has 0 aromatic heterocycles. The van der Waals surface area contributed by atoms with Crippen LogP contribution in [0.5, 0.6) is 0 Å².